The van der Waals surface area contributed by atoms with E-state index in [0.717, 1.165) is 11.1 Å². The summed E-state index contributed by atoms with van der Waals surface area (Å²) >= 11 is 0. The quantitative estimate of drug-likeness (QED) is 0.271. The number of benzene rings is 4. The zero-order valence-electron chi connectivity index (χ0n) is 20.7. The van der Waals surface area contributed by atoms with Crippen molar-refractivity contribution in [1.82, 2.24) is 0 Å². The minimum Gasteiger partial charge on any atom is -0.504 e. The van der Waals surface area contributed by atoms with E-state index in [1.165, 1.54) is 26.4 Å². The number of phenolic OH excluding ortho intramolecular Hbond substituents is 2. The second-order valence-corrected chi connectivity index (χ2v) is 8.64. The van der Waals surface area contributed by atoms with E-state index in [2.05, 4.69) is 0 Å². The maximum Gasteiger partial charge on any atom is 0.168 e. The highest BCUT2D eigenvalue weighted by Gasteiger charge is 2.21. The summed E-state index contributed by atoms with van der Waals surface area (Å²) in [6, 6.07) is 25.1. The van der Waals surface area contributed by atoms with Gasteiger partial charge in [0.05, 0.1) is 20.6 Å². The number of ketones is 2. The van der Waals surface area contributed by atoms with Crippen molar-refractivity contribution in [3.05, 3.63) is 96.1 Å². The van der Waals surface area contributed by atoms with Crippen LogP contribution in [0.5, 0.6) is 23.0 Å². The molecule has 0 unspecified atom stereocenters. The second kappa shape index (κ2) is 11.4. The Morgan fingerprint density at radius 1 is 0.595 bits per heavy atom. The maximum atomic E-state index is 13.0. The van der Waals surface area contributed by atoms with Crippen molar-refractivity contribution in [2.45, 2.75) is 19.3 Å². The van der Waals surface area contributed by atoms with Gasteiger partial charge in [-0.3, -0.25) is 9.59 Å². The highest BCUT2D eigenvalue weighted by Crippen LogP contribution is 2.41. The molecule has 0 aliphatic carbocycles. The molecule has 2 N–H and O–H groups in total. The highest BCUT2D eigenvalue weighted by molar-refractivity contribution is 6.02. The lowest BCUT2D eigenvalue weighted by Gasteiger charge is -2.16. The van der Waals surface area contributed by atoms with Crippen molar-refractivity contribution in [1.29, 1.82) is 0 Å². The fourth-order valence-electron chi connectivity index (χ4n) is 4.55. The van der Waals surface area contributed by atoms with Crippen molar-refractivity contribution in [3.63, 3.8) is 0 Å². The molecule has 0 fully saturated rings. The Hall–Kier alpha value is -4.58. The van der Waals surface area contributed by atoms with Gasteiger partial charge in [-0.1, -0.05) is 72.8 Å². The summed E-state index contributed by atoms with van der Waals surface area (Å²) < 4.78 is 10.9. The van der Waals surface area contributed by atoms with Gasteiger partial charge in [0.25, 0.3) is 0 Å². The van der Waals surface area contributed by atoms with E-state index in [1.54, 1.807) is 12.1 Å². The molecule has 0 spiro atoms. The molecule has 37 heavy (non-hydrogen) atoms. The van der Waals surface area contributed by atoms with Crippen LogP contribution in [0.4, 0.5) is 0 Å². The van der Waals surface area contributed by atoms with Crippen LogP contribution in [-0.4, -0.2) is 36.0 Å². The van der Waals surface area contributed by atoms with Gasteiger partial charge in [0, 0.05) is 24.0 Å². The Balaban J connectivity index is 1.57. The van der Waals surface area contributed by atoms with E-state index in [-0.39, 0.29) is 53.8 Å². The number of rotatable bonds is 10. The fraction of sp³-hybridized carbons (Fsp3) is 0.161. The predicted molar refractivity (Wildman–Crippen MR) is 142 cm³/mol. The van der Waals surface area contributed by atoms with Crippen LogP contribution in [-0.2, 0) is 22.4 Å². The van der Waals surface area contributed by atoms with Gasteiger partial charge in [-0.05, 0) is 34.4 Å². The second-order valence-electron chi connectivity index (χ2n) is 8.64. The topological polar surface area (TPSA) is 93.1 Å². The minimum absolute atomic E-state index is 0.0110. The first-order valence-corrected chi connectivity index (χ1v) is 11.8. The van der Waals surface area contributed by atoms with Crippen molar-refractivity contribution < 1.29 is 29.3 Å². The van der Waals surface area contributed by atoms with Gasteiger partial charge in [-0.2, -0.15) is 0 Å². The van der Waals surface area contributed by atoms with Crippen LogP contribution >= 0.6 is 0 Å². The van der Waals surface area contributed by atoms with Crippen LogP contribution in [0.2, 0.25) is 0 Å². The molecule has 0 radical (unpaired) electrons. The number of ether oxygens (including phenoxy) is 2. The molecular weight excluding hydrogens is 468 g/mol. The average molecular weight is 497 g/mol. The molecule has 6 nitrogen and oxygen atoms in total. The predicted octanol–water partition coefficient (Wildman–Crippen LogP) is 5.76. The smallest absolute Gasteiger partial charge is 0.168 e. The lowest BCUT2D eigenvalue weighted by Crippen LogP contribution is -2.13. The normalized spacial score (nSPS) is 10.6. The molecule has 0 atom stereocenters. The van der Waals surface area contributed by atoms with E-state index >= 15 is 0 Å². The number of carbonyl (C=O) groups is 2. The third-order valence-electron chi connectivity index (χ3n) is 6.15. The van der Waals surface area contributed by atoms with Crippen LogP contribution in [0.15, 0.2) is 84.9 Å². The number of hydrogen-bond donors (Lipinski definition) is 2. The third kappa shape index (κ3) is 5.64. The van der Waals surface area contributed by atoms with Crippen molar-refractivity contribution >= 4 is 11.6 Å². The van der Waals surface area contributed by atoms with Gasteiger partial charge < -0.3 is 19.7 Å². The molecule has 0 amide bonds. The first-order chi connectivity index (χ1) is 17.9. The van der Waals surface area contributed by atoms with E-state index < -0.39 is 0 Å². The Kier molecular flexibility index (Phi) is 7.89. The van der Waals surface area contributed by atoms with Gasteiger partial charge in [0.15, 0.2) is 23.0 Å². The monoisotopic (exact) mass is 496 g/mol. The zero-order valence-corrected chi connectivity index (χ0v) is 20.7. The largest absolute Gasteiger partial charge is 0.504 e. The summed E-state index contributed by atoms with van der Waals surface area (Å²) in [4.78, 5) is 26.0. The van der Waals surface area contributed by atoms with Gasteiger partial charge in [-0.15, -0.1) is 0 Å². The standard InChI is InChI=1S/C31H28O6/c1-36-30-26(34)15-13-22(28(30)20-9-5-3-6-10-20)17-24(32)19-25(33)18-23-14-16-27(35)31(37-2)29(23)21-11-7-4-8-12-21/h3-16,34-35H,17-19H2,1-2H3. The minimum atomic E-state index is -0.255. The van der Waals surface area contributed by atoms with E-state index in [9.17, 15) is 19.8 Å². The van der Waals surface area contributed by atoms with Crippen molar-refractivity contribution in [3.8, 4) is 45.3 Å². The van der Waals surface area contributed by atoms with Crippen LogP contribution in [0.1, 0.15) is 17.5 Å². The molecule has 0 aromatic heterocycles. The molecular formula is C31H28O6. The summed E-state index contributed by atoms with van der Waals surface area (Å²) in [5.74, 6) is 0.0218. The molecule has 0 aliphatic rings. The zero-order chi connectivity index (χ0) is 26.4. The molecule has 0 bridgehead atoms. The summed E-state index contributed by atoms with van der Waals surface area (Å²) in [7, 11) is 2.93. The van der Waals surface area contributed by atoms with Crippen molar-refractivity contribution in [2.75, 3.05) is 14.2 Å². The van der Waals surface area contributed by atoms with Gasteiger partial charge in [0.2, 0.25) is 0 Å². The molecule has 6 heteroatoms. The Labute approximate surface area is 215 Å². The molecule has 188 valence electrons. The first-order valence-electron chi connectivity index (χ1n) is 11.8. The number of methoxy groups -OCH3 is 2. The molecule has 4 aromatic rings. The van der Waals surface area contributed by atoms with Crippen LogP contribution < -0.4 is 9.47 Å². The van der Waals surface area contributed by atoms with Gasteiger partial charge >= 0.3 is 0 Å². The number of aromatic hydroxyl groups is 2. The number of hydrogen-bond acceptors (Lipinski definition) is 6. The Morgan fingerprint density at radius 3 is 1.32 bits per heavy atom. The molecule has 4 aromatic carbocycles. The summed E-state index contributed by atoms with van der Waals surface area (Å²) in [5.41, 5.74) is 4.17. The summed E-state index contributed by atoms with van der Waals surface area (Å²) in [6.07, 6.45) is -0.233. The van der Waals surface area contributed by atoms with Gasteiger partial charge in [-0.25, -0.2) is 0 Å². The highest BCUT2D eigenvalue weighted by atomic mass is 16.5. The fourth-order valence-corrected chi connectivity index (χ4v) is 4.55. The molecule has 0 aliphatic heterocycles. The lowest BCUT2D eigenvalue weighted by molar-refractivity contribution is -0.126. The molecule has 4 rings (SSSR count). The molecule has 0 saturated carbocycles. The van der Waals surface area contributed by atoms with Crippen LogP contribution in [0, 0.1) is 0 Å². The summed E-state index contributed by atoms with van der Waals surface area (Å²) in [5, 5.41) is 20.6. The number of phenols is 2. The lowest BCUT2D eigenvalue weighted by atomic mass is 9.91. The Bertz CT molecular complexity index is 1300. The molecule has 0 saturated heterocycles. The van der Waals surface area contributed by atoms with E-state index in [1.807, 2.05) is 60.7 Å². The Morgan fingerprint density at radius 2 is 0.973 bits per heavy atom. The maximum absolute atomic E-state index is 13.0. The average Bonchev–Trinajstić information content (AvgIpc) is 2.91. The van der Waals surface area contributed by atoms with Crippen molar-refractivity contribution in [2.24, 2.45) is 0 Å². The third-order valence-corrected chi connectivity index (χ3v) is 6.15. The molecule has 0 heterocycles. The first kappa shape index (κ1) is 25.5. The SMILES string of the molecule is COc1c(O)ccc(CC(=O)CC(=O)Cc2ccc(O)c(OC)c2-c2ccccc2)c1-c1ccccc1. The van der Waals surface area contributed by atoms with E-state index in [0.29, 0.717) is 22.3 Å². The number of Topliss-reactive ketones (excluding diaryl/α,β-unsaturated/α-hetero) is 2. The van der Waals surface area contributed by atoms with Crippen LogP contribution in [0.25, 0.3) is 22.3 Å². The summed E-state index contributed by atoms with van der Waals surface area (Å²) in [6.45, 7) is 0. The number of carbonyl (C=O) groups excluding carboxylic acids is 2. The van der Waals surface area contributed by atoms with E-state index in [4.69, 9.17) is 9.47 Å². The van der Waals surface area contributed by atoms with Crippen LogP contribution in [0.3, 0.4) is 0 Å². The van der Waals surface area contributed by atoms with Gasteiger partial charge in [0.1, 0.15) is 11.6 Å².